The lowest BCUT2D eigenvalue weighted by Crippen LogP contribution is -2.31. The van der Waals surface area contributed by atoms with E-state index in [2.05, 4.69) is 4.98 Å². The summed E-state index contributed by atoms with van der Waals surface area (Å²) in [5.41, 5.74) is 0.585. The summed E-state index contributed by atoms with van der Waals surface area (Å²) in [5, 5.41) is 0. The Morgan fingerprint density at radius 1 is 1.23 bits per heavy atom. The van der Waals surface area contributed by atoms with Gasteiger partial charge in [-0.1, -0.05) is 12.1 Å². The molecule has 7 heteroatoms. The third-order valence-corrected chi connectivity index (χ3v) is 3.89. The molecule has 1 heterocycles. The van der Waals surface area contributed by atoms with E-state index in [4.69, 9.17) is 4.74 Å². The van der Waals surface area contributed by atoms with Crippen molar-refractivity contribution in [2.75, 3.05) is 6.61 Å². The van der Waals surface area contributed by atoms with Crippen LogP contribution < -0.4 is 9.46 Å². The molecule has 0 fully saturated rings. The molecule has 0 spiro atoms. The summed E-state index contributed by atoms with van der Waals surface area (Å²) in [7, 11) is -3.81. The fourth-order valence-corrected chi connectivity index (χ4v) is 2.84. The van der Waals surface area contributed by atoms with Gasteiger partial charge in [-0.05, 0) is 37.3 Å². The van der Waals surface area contributed by atoms with Crippen molar-refractivity contribution in [3.05, 3.63) is 59.9 Å². The molecule has 0 unspecified atom stereocenters. The quantitative estimate of drug-likeness (QED) is 0.876. The summed E-state index contributed by atoms with van der Waals surface area (Å²) in [5.74, 6) is -0.542. The first-order valence-electron chi connectivity index (χ1n) is 6.68. The zero-order valence-electron chi connectivity index (χ0n) is 12.0. The molecule has 0 aliphatic heterocycles. The molecule has 0 bridgehead atoms. The smallest absolute Gasteiger partial charge is 0.264 e. The Balaban J connectivity index is 2.09. The van der Waals surface area contributed by atoms with Crippen molar-refractivity contribution in [2.45, 2.75) is 12.7 Å². The SMILES string of the molecule is CCOc1cccc(C(=O)NS(=O)(=O)Cc2ccccn2)c1. The summed E-state index contributed by atoms with van der Waals surface area (Å²) in [6.45, 7) is 2.28. The number of amides is 1. The molecule has 0 saturated carbocycles. The van der Waals surface area contributed by atoms with Crippen LogP contribution in [-0.2, 0) is 15.8 Å². The van der Waals surface area contributed by atoms with Crippen LogP contribution in [0.3, 0.4) is 0 Å². The van der Waals surface area contributed by atoms with Crippen molar-refractivity contribution in [1.29, 1.82) is 0 Å². The van der Waals surface area contributed by atoms with Crippen LogP contribution >= 0.6 is 0 Å². The number of rotatable bonds is 6. The predicted octanol–water partition coefficient (Wildman–Crippen LogP) is 1.74. The molecule has 0 aliphatic rings. The van der Waals surface area contributed by atoms with E-state index in [9.17, 15) is 13.2 Å². The van der Waals surface area contributed by atoms with Crippen molar-refractivity contribution >= 4 is 15.9 Å². The standard InChI is InChI=1S/C15H16N2O4S/c1-2-21-14-8-5-6-12(10-14)15(18)17-22(19,20)11-13-7-3-4-9-16-13/h3-10H,2,11H2,1H3,(H,17,18). The van der Waals surface area contributed by atoms with Crippen LogP contribution in [0.2, 0.25) is 0 Å². The number of benzene rings is 1. The van der Waals surface area contributed by atoms with Gasteiger partial charge in [0, 0.05) is 11.8 Å². The van der Waals surface area contributed by atoms with E-state index in [0.717, 1.165) is 0 Å². The second kappa shape index (κ2) is 7.04. The summed E-state index contributed by atoms with van der Waals surface area (Å²) in [6.07, 6.45) is 1.50. The van der Waals surface area contributed by atoms with Crippen molar-refractivity contribution in [3.63, 3.8) is 0 Å². The van der Waals surface area contributed by atoms with Crippen molar-refractivity contribution in [2.24, 2.45) is 0 Å². The number of ether oxygens (including phenoxy) is 1. The highest BCUT2D eigenvalue weighted by Gasteiger charge is 2.17. The van der Waals surface area contributed by atoms with Crippen molar-refractivity contribution < 1.29 is 17.9 Å². The summed E-state index contributed by atoms with van der Waals surface area (Å²) >= 11 is 0. The van der Waals surface area contributed by atoms with Gasteiger partial charge in [0.05, 0.1) is 12.3 Å². The number of hydrogen-bond donors (Lipinski definition) is 1. The number of carbonyl (C=O) groups is 1. The molecule has 0 radical (unpaired) electrons. The first-order chi connectivity index (χ1) is 10.5. The van der Waals surface area contributed by atoms with Crippen molar-refractivity contribution in [1.82, 2.24) is 9.71 Å². The van der Waals surface area contributed by atoms with Gasteiger partial charge in [0.2, 0.25) is 10.0 Å². The molecule has 1 N–H and O–H groups in total. The lowest BCUT2D eigenvalue weighted by atomic mass is 10.2. The maximum Gasteiger partial charge on any atom is 0.264 e. The molecule has 22 heavy (non-hydrogen) atoms. The van der Waals surface area contributed by atoms with Gasteiger partial charge in [-0.15, -0.1) is 0 Å². The van der Waals surface area contributed by atoms with Crippen LogP contribution in [0.5, 0.6) is 5.75 Å². The second-order valence-electron chi connectivity index (χ2n) is 4.47. The molecule has 1 aromatic heterocycles. The Morgan fingerprint density at radius 3 is 2.73 bits per heavy atom. The minimum Gasteiger partial charge on any atom is -0.494 e. The lowest BCUT2D eigenvalue weighted by Gasteiger charge is -2.08. The Labute approximate surface area is 129 Å². The monoisotopic (exact) mass is 320 g/mol. The fourth-order valence-electron chi connectivity index (χ4n) is 1.81. The first-order valence-corrected chi connectivity index (χ1v) is 8.33. The third-order valence-electron chi connectivity index (χ3n) is 2.72. The van der Waals surface area contributed by atoms with E-state index < -0.39 is 15.9 Å². The highest BCUT2D eigenvalue weighted by atomic mass is 32.2. The van der Waals surface area contributed by atoms with Crippen molar-refractivity contribution in [3.8, 4) is 5.75 Å². The summed E-state index contributed by atoms with van der Waals surface area (Å²) in [4.78, 5) is 16.0. The van der Waals surface area contributed by atoms with Crippen LogP contribution in [0.25, 0.3) is 0 Å². The average molecular weight is 320 g/mol. The maximum atomic E-state index is 12.0. The zero-order valence-corrected chi connectivity index (χ0v) is 12.8. The Hall–Kier alpha value is -2.41. The van der Waals surface area contributed by atoms with Gasteiger partial charge in [0.25, 0.3) is 5.91 Å². The van der Waals surface area contributed by atoms with Gasteiger partial charge < -0.3 is 4.74 Å². The van der Waals surface area contributed by atoms with E-state index in [1.54, 1.807) is 30.3 Å². The molecule has 1 amide bonds. The van der Waals surface area contributed by atoms with Crippen LogP contribution in [0, 0.1) is 0 Å². The van der Waals surface area contributed by atoms with Gasteiger partial charge in [-0.25, -0.2) is 13.1 Å². The molecule has 116 valence electrons. The largest absolute Gasteiger partial charge is 0.494 e. The fraction of sp³-hybridized carbons (Fsp3) is 0.200. The molecule has 1 aromatic carbocycles. The van der Waals surface area contributed by atoms with E-state index in [-0.39, 0.29) is 11.3 Å². The molecule has 2 aromatic rings. The van der Waals surface area contributed by atoms with Gasteiger partial charge in [0.1, 0.15) is 11.5 Å². The number of nitrogens with zero attached hydrogens (tertiary/aromatic N) is 1. The maximum absolute atomic E-state index is 12.0. The van der Waals surface area contributed by atoms with Crippen LogP contribution in [0.15, 0.2) is 48.7 Å². The van der Waals surface area contributed by atoms with Gasteiger partial charge >= 0.3 is 0 Å². The first kappa shape index (κ1) is 16.0. The number of carbonyl (C=O) groups excluding carboxylic acids is 1. The minimum absolute atomic E-state index is 0.218. The Morgan fingerprint density at radius 2 is 2.05 bits per heavy atom. The van der Waals surface area contributed by atoms with E-state index in [1.807, 2.05) is 11.6 Å². The number of pyridine rings is 1. The number of sulfonamides is 1. The minimum atomic E-state index is -3.81. The number of nitrogens with one attached hydrogen (secondary N) is 1. The molecular formula is C15H16N2O4S. The normalized spacial score (nSPS) is 11.0. The molecule has 0 saturated heterocycles. The molecule has 2 rings (SSSR count). The lowest BCUT2D eigenvalue weighted by molar-refractivity contribution is 0.0981. The highest BCUT2D eigenvalue weighted by molar-refractivity contribution is 7.89. The summed E-state index contributed by atoms with van der Waals surface area (Å²) < 4.78 is 31.3. The highest BCUT2D eigenvalue weighted by Crippen LogP contribution is 2.13. The van der Waals surface area contributed by atoms with Gasteiger partial charge in [-0.2, -0.15) is 0 Å². The number of hydrogen-bond acceptors (Lipinski definition) is 5. The van der Waals surface area contributed by atoms with Crippen LogP contribution in [-0.4, -0.2) is 25.9 Å². The average Bonchev–Trinajstić information content (AvgIpc) is 2.48. The van der Waals surface area contributed by atoms with E-state index in [1.165, 1.54) is 18.3 Å². The molecule has 0 atom stereocenters. The Kier molecular flexibility index (Phi) is 5.11. The second-order valence-corrected chi connectivity index (χ2v) is 6.19. The number of aromatic nitrogens is 1. The van der Waals surface area contributed by atoms with E-state index in [0.29, 0.717) is 18.1 Å². The van der Waals surface area contributed by atoms with Gasteiger partial charge in [0.15, 0.2) is 0 Å². The van der Waals surface area contributed by atoms with Crippen LogP contribution in [0.1, 0.15) is 23.0 Å². The zero-order chi connectivity index (χ0) is 16.0. The molecular weight excluding hydrogens is 304 g/mol. The molecule has 6 nitrogen and oxygen atoms in total. The predicted molar refractivity (Wildman–Crippen MR) is 81.9 cm³/mol. The summed E-state index contributed by atoms with van der Waals surface area (Å²) in [6, 6.07) is 11.3. The van der Waals surface area contributed by atoms with Crippen LogP contribution in [0.4, 0.5) is 0 Å². The molecule has 0 aliphatic carbocycles. The Bertz CT molecular complexity index is 745. The topological polar surface area (TPSA) is 85.4 Å². The van der Waals surface area contributed by atoms with E-state index >= 15 is 0 Å². The van der Waals surface area contributed by atoms with Gasteiger partial charge in [-0.3, -0.25) is 9.78 Å². The third kappa shape index (κ3) is 4.56.